The van der Waals surface area contributed by atoms with Crippen molar-refractivity contribution in [3.05, 3.63) is 52.1 Å². The smallest absolute Gasteiger partial charge is 0.344 e. The van der Waals surface area contributed by atoms with Gasteiger partial charge in [-0.1, -0.05) is 17.2 Å². The monoisotopic (exact) mass is 685 g/mol. The fraction of sp³-hybridized carbons (Fsp3) is 0.471. The lowest BCUT2D eigenvalue weighted by molar-refractivity contribution is -0.189. The van der Waals surface area contributed by atoms with Crippen molar-refractivity contribution in [3.8, 4) is 17.2 Å². The second-order valence-corrected chi connectivity index (χ2v) is 14.2. The van der Waals surface area contributed by atoms with E-state index in [1.54, 1.807) is 58.9 Å². The van der Waals surface area contributed by atoms with E-state index in [-0.39, 0.29) is 31.8 Å². The molecule has 2 amide bonds. The number of Topliss-reactive ketones (excluding diaryl/α,β-unsaturated/α-hetero) is 1. The van der Waals surface area contributed by atoms with Crippen molar-refractivity contribution in [3.63, 3.8) is 0 Å². The molecule has 0 spiro atoms. The number of thioether (sulfide) groups is 1. The van der Waals surface area contributed by atoms with Crippen LogP contribution in [0.1, 0.15) is 80.6 Å². The van der Waals surface area contributed by atoms with Gasteiger partial charge in [-0.2, -0.15) is 0 Å². The molecule has 258 valence electrons. The van der Waals surface area contributed by atoms with E-state index in [2.05, 4.69) is 0 Å². The summed E-state index contributed by atoms with van der Waals surface area (Å²) in [5.41, 5.74) is 1.25. The van der Waals surface area contributed by atoms with Crippen LogP contribution in [0.25, 0.3) is 0 Å². The molecule has 2 aromatic carbocycles. The van der Waals surface area contributed by atoms with Crippen LogP contribution in [0.3, 0.4) is 0 Å². The van der Waals surface area contributed by atoms with Crippen LogP contribution in [0, 0.1) is 20.8 Å². The van der Waals surface area contributed by atoms with E-state index in [1.165, 1.54) is 0 Å². The van der Waals surface area contributed by atoms with E-state index in [1.807, 2.05) is 13.8 Å². The van der Waals surface area contributed by atoms with Gasteiger partial charge in [0, 0.05) is 25.8 Å². The van der Waals surface area contributed by atoms with Crippen molar-refractivity contribution >= 4 is 46.6 Å². The first-order chi connectivity index (χ1) is 22.2. The van der Waals surface area contributed by atoms with Gasteiger partial charge in [0.05, 0.1) is 12.0 Å². The molecule has 2 aromatic rings. The first-order valence-corrected chi connectivity index (χ1v) is 15.9. The van der Waals surface area contributed by atoms with E-state index in [0.717, 1.165) is 19.4 Å². The Morgan fingerprint density at radius 2 is 1.58 bits per heavy atom. The summed E-state index contributed by atoms with van der Waals surface area (Å²) in [7, 11) is 0. The molecule has 13 nitrogen and oxygen atoms in total. The molecule has 0 aliphatic carbocycles. The molecule has 1 fully saturated rings. The van der Waals surface area contributed by atoms with Crippen molar-refractivity contribution < 1.29 is 57.3 Å². The molecule has 2 unspecified atom stereocenters. The van der Waals surface area contributed by atoms with Gasteiger partial charge in [0.15, 0.2) is 12.4 Å². The maximum absolute atomic E-state index is 13.5. The summed E-state index contributed by atoms with van der Waals surface area (Å²) >= 11 is 0.440. The predicted molar refractivity (Wildman–Crippen MR) is 172 cm³/mol. The Morgan fingerprint density at radius 3 is 2.17 bits per heavy atom. The molecular weight excluding hydrogens is 646 g/mol. The molecule has 0 saturated carbocycles. The van der Waals surface area contributed by atoms with Gasteiger partial charge >= 0.3 is 29.1 Å². The number of ether oxygens (including phenoxy) is 5. The molecule has 2 aliphatic rings. The Labute approximate surface area is 282 Å². The summed E-state index contributed by atoms with van der Waals surface area (Å²) in [5.74, 6) is -2.05. The first-order valence-electron chi connectivity index (χ1n) is 15.1. The van der Waals surface area contributed by atoms with Crippen LogP contribution < -0.4 is 14.2 Å². The fourth-order valence-corrected chi connectivity index (χ4v) is 6.44. The molecule has 0 bridgehead atoms. The maximum Gasteiger partial charge on any atom is 0.344 e. The second kappa shape index (κ2) is 13.5. The highest BCUT2D eigenvalue weighted by molar-refractivity contribution is 8.15. The van der Waals surface area contributed by atoms with Gasteiger partial charge in [0.25, 0.3) is 4.93 Å². The molecule has 2 heterocycles. The van der Waals surface area contributed by atoms with Crippen molar-refractivity contribution in [2.24, 2.45) is 0 Å². The van der Waals surface area contributed by atoms with Crippen LogP contribution >= 0.6 is 11.8 Å². The Bertz CT molecular complexity index is 1680. The Balaban J connectivity index is 1.46. The molecule has 1 saturated heterocycles. The van der Waals surface area contributed by atoms with E-state index in [4.69, 9.17) is 28.5 Å². The lowest BCUT2D eigenvalue weighted by atomic mass is 9.86. The first kappa shape index (κ1) is 36.2. The number of hydroxylamine groups is 2. The Morgan fingerprint density at radius 1 is 0.938 bits per heavy atom. The molecule has 48 heavy (non-hydrogen) atoms. The number of nitrogens with zero attached hydrogens (tertiary/aromatic N) is 1. The van der Waals surface area contributed by atoms with E-state index in [0.29, 0.717) is 56.3 Å². The second-order valence-electron chi connectivity index (χ2n) is 12.9. The molecule has 2 atom stereocenters. The minimum Gasteiger partial charge on any atom is -0.489 e. The molecule has 0 aromatic heterocycles. The quantitative estimate of drug-likeness (QED) is 0.304. The summed E-state index contributed by atoms with van der Waals surface area (Å²) in [6.07, 6.45) is -0.169. The normalized spacial score (nSPS) is 20.5. The SMILES string of the molecule is CC(=O)ON1C(=O)SC(Cc2ccc(OCC3(C)CC(=O)c4c(C)c(OCC(=O)OC(C)(C)C)c(C)c(C)c4O3)cc2)(OC(C)=O)C1=O. The minimum absolute atomic E-state index is 0.0174. The topological polar surface area (TPSA) is 161 Å². The summed E-state index contributed by atoms with van der Waals surface area (Å²) in [5, 5.41) is -0.598. The third kappa shape index (κ3) is 7.92. The highest BCUT2D eigenvalue weighted by atomic mass is 32.2. The molecule has 2 aliphatic heterocycles. The van der Waals surface area contributed by atoms with E-state index >= 15 is 0 Å². The fourth-order valence-electron chi connectivity index (χ4n) is 5.39. The zero-order valence-electron chi connectivity index (χ0n) is 28.4. The number of hydrogen-bond donors (Lipinski definition) is 0. The average molecular weight is 686 g/mol. The number of ketones is 1. The van der Waals surface area contributed by atoms with Gasteiger partial charge < -0.3 is 28.5 Å². The van der Waals surface area contributed by atoms with Gasteiger partial charge in [-0.05, 0) is 89.1 Å². The van der Waals surface area contributed by atoms with Gasteiger partial charge in [-0.25, -0.2) is 9.59 Å². The zero-order chi connectivity index (χ0) is 35.8. The molecule has 14 heteroatoms. The van der Waals surface area contributed by atoms with E-state index < -0.39 is 45.2 Å². The number of rotatable bonds is 10. The number of carbonyl (C=O) groups excluding carboxylic acids is 6. The van der Waals surface area contributed by atoms with Crippen LogP contribution in [0.4, 0.5) is 4.79 Å². The highest BCUT2D eigenvalue weighted by Gasteiger charge is 2.58. The number of carbonyl (C=O) groups is 6. The van der Waals surface area contributed by atoms with Gasteiger partial charge in [0.2, 0.25) is 0 Å². The summed E-state index contributed by atoms with van der Waals surface area (Å²) in [6.45, 7) is 14.3. The summed E-state index contributed by atoms with van der Waals surface area (Å²) < 4.78 is 28.9. The van der Waals surface area contributed by atoms with Crippen LogP contribution in [0.5, 0.6) is 17.2 Å². The molecule has 0 radical (unpaired) electrons. The van der Waals surface area contributed by atoms with Gasteiger partial charge in [-0.3, -0.25) is 19.2 Å². The van der Waals surface area contributed by atoms with E-state index in [9.17, 15) is 28.8 Å². The predicted octanol–water partition coefficient (Wildman–Crippen LogP) is 5.11. The minimum atomic E-state index is -1.95. The van der Waals surface area contributed by atoms with Crippen molar-refractivity contribution in [2.45, 2.75) is 91.3 Å². The van der Waals surface area contributed by atoms with Crippen LogP contribution in [0.2, 0.25) is 0 Å². The standard InChI is InChI=1S/C34H39NO12S/c1-18-19(2)29-27(20(3)28(18)42-16-26(39)45-32(6,7)8)25(38)15-33(9,46-29)17-43-24-12-10-23(11-13-24)14-34(44-21(4)36)30(40)35(31(41)48-34)47-22(5)37/h10-13H,14-17H2,1-9H3. The highest BCUT2D eigenvalue weighted by Crippen LogP contribution is 2.44. The molecular formula is C34H39NO12S. The Hall–Kier alpha value is -4.59. The lowest BCUT2D eigenvalue weighted by Crippen LogP contribution is -2.45. The number of imide groups is 1. The maximum atomic E-state index is 13.5. The third-order valence-corrected chi connectivity index (χ3v) is 8.54. The third-order valence-electron chi connectivity index (χ3n) is 7.46. The zero-order valence-corrected chi connectivity index (χ0v) is 29.2. The number of hydrogen-bond acceptors (Lipinski definition) is 13. The van der Waals surface area contributed by atoms with Gasteiger partial charge in [-0.15, -0.1) is 0 Å². The summed E-state index contributed by atoms with van der Waals surface area (Å²) in [4.78, 5) is 77.3. The number of fused-ring (bicyclic) bond motifs is 1. The largest absolute Gasteiger partial charge is 0.489 e. The number of amides is 2. The molecule has 0 N–H and O–H groups in total. The molecule has 4 rings (SSSR count). The van der Waals surface area contributed by atoms with Crippen molar-refractivity contribution in [2.75, 3.05) is 13.2 Å². The lowest BCUT2D eigenvalue weighted by Gasteiger charge is -2.37. The van der Waals surface area contributed by atoms with Crippen molar-refractivity contribution in [1.29, 1.82) is 0 Å². The number of esters is 2. The van der Waals surface area contributed by atoms with Crippen molar-refractivity contribution in [1.82, 2.24) is 5.06 Å². The summed E-state index contributed by atoms with van der Waals surface area (Å²) in [6, 6.07) is 6.52. The van der Waals surface area contributed by atoms with Crippen LogP contribution in [-0.4, -0.2) is 69.2 Å². The average Bonchev–Trinajstić information content (AvgIpc) is 3.17. The Kier molecular flexibility index (Phi) is 10.2. The van der Waals surface area contributed by atoms with Crippen LogP contribution in [-0.2, 0) is 39.9 Å². The number of benzene rings is 2. The van der Waals surface area contributed by atoms with Crippen LogP contribution in [0.15, 0.2) is 24.3 Å². The van der Waals surface area contributed by atoms with Gasteiger partial charge in [0.1, 0.15) is 35.1 Å².